The van der Waals surface area contributed by atoms with E-state index in [1.807, 2.05) is 0 Å². The van der Waals surface area contributed by atoms with Crippen LogP contribution in [0.2, 0.25) is 0 Å². The first-order valence-corrected chi connectivity index (χ1v) is 9.16. The molecule has 2 heterocycles. The molecule has 1 fully saturated rings. The molecule has 1 saturated heterocycles. The van der Waals surface area contributed by atoms with E-state index >= 15 is 0 Å². The van der Waals surface area contributed by atoms with Gasteiger partial charge in [-0.05, 0) is 13.8 Å². The summed E-state index contributed by atoms with van der Waals surface area (Å²) in [5.74, 6) is -0.385. The highest BCUT2D eigenvalue weighted by Gasteiger charge is 2.40. The third-order valence-corrected chi connectivity index (χ3v) is 6.94. The predicted octanol–water partition coefficient (Wildman–Crippen LogP) is -0.0259. The second-order valence-electron chi connectivity index (χ2n) is 4.47. The zero-order valence-corrected chi connectivity index (χ0v) is 12.6. The standard InChI is InChI=1S/C9H13ClN2O5S2/c1-5-9(6(2)17-11-5)19(15,16)12-8-4-18(13,14)3-7(8)10/h7-8,12H,3-4H2,1-2H3. The van der Waals surface area contributed by atoms with Gasteiger partial charge >= 0.3 is 0 Å². The van der Waals surface area contributed by atoms with Gasteiger partial charge in [-0.25, -0.2) is 21.6 Å². The molecular weight excluding hydrogens is 316 g/mol. The van der Waals surface area contributed by atoms with Crippen LogP contribution < -0.4 is 4.72 Å². The van der Waals surface area contributed by atoms with E-state index in [4.69, 9.17) is 16.1 Å². The molecule has 2 rings (SSSR count). The normalized spacial score (nSPS) is 26.7. The molecular formula is C9H13ClN2O5S2. The summed E-state index contributed by atoms with van der Waals surface area (Å²) in [5.41, 5.74) is 0.219. The lowest BCUT2D eigenvalue weighted by Crippen LogP contribution is -2.40. The molecule has 0 spiro atoms. The Balaban J connectivity index is 2.29. The van der Waals surface area contributed by atoms with E-state index in [2.05, 4.69) is 9.88 Å². The Hall–Kier alpha value is -0.640. The van der Waals surface area contributed by atoms with E-state index in [1.54, 1.807) is 0 Å². The molecule has 1 aliphatic rings. The molecule has 1 aromatic rings. The van der Waals surface area contributed by atoms with E-state index < -0.39 is 31.3 Å². The zero-order chi connectivity index (χ0) is 14.4. The number of sulfone groups is 1. The fraction of sp³-hybridized carbons (Fsp3) is 0.667. The van der Waals surface area contributed by atoms with Gasteiger partial charge in [-0.3, -0.25) is 0 Å². The summed E-state index contributed by atoms with van der Waals surface area (Å²) in [6, 6.07) is -0.842. The van der Waals surface area contributed by atoms with Crippen molar-refractivity contribution in [1.82, 2.24) is 9.88 Å². The molecule has 0 aliphatic carbocycles. The van der Waals surface area contributed by atoms with Gasteiger partial charge in [-0.15, -0.1) is 11.6 Å². The van der Waals surface area contributed by atoms with Gasteiger partial charge in [0.15, 0.2) is 15.6 Å². The zero-order valence-electron chi connectivity index (χ0n) is 10.3. The van der Waals surface area contributed by atoms with Gasteiger partial charge in [0, 0.05) is 0 Å². The Bertz CT molecular complexity index is 675. The lowest BCUT2D eigenvalue weighted by atomic mass is 10.3. The number of hydrogen-bond donors (Lipinski definition) is 1. The van der Waals surface area contributed by atoms with Gasteiger partial charge in [-0.1, -0.05) is 5.16 Å². The largest absolute Gasteiger partial charge is 0.360 e. The van der Waals surface area contributed by atoms with E-state index in [1.165, 1.54) is 13.8 Å². The highest BCUT2D eigenvalue weighted by molar-refractivity contribution is 7.92. The minimum absolute atomic E-state index is 0.0688. The van der Waals surface area contributed by atoms with E-state index in [0.717, 1.165) is 0 Å². The van der Waals surface area contributed by atoms with E-state index in [0.29, 0.717) is 0 Å². The van der Waals surface area contributed by atoms with E-state index in [9.17, 15) is 16.8 Å². The number of sulfonamides is 1. The van der Waals surface area contributed by atoms with Crippen molar-refractivity contribution in [3.8, 4) is 0 Å². The van der Waals surface area contributed by atoms with Crippen molar-refractivity contribution in [3.05, 3.63) is 11.5 Å². The minimum Gasteiger partial charge on any atom is -0.360 e. The average Bonchev–Trinajstić information content (AvgIpc) is 2.67. The number of rotatable bonds is 3. The monoisotopic (exact) mass is 328 g/mol. The fourth-order valence-electron chi connectivity index (χ4n) is 2.03. The van der Waals surface area contributed by atoms with Crippen molar-refractivity contribution in [3.63, 3.8) is 0 Å². The van der Waals surface area contributed by atoms with Crippen molar-refractivity contribution in [2.24, 2.45) is 0 Å². The van der Waals surface area contributed by atoms with Crippen molar-refractivity contribution >= 4 is 31.5 Å². The maximum absolute atomic E-state index is 12.2. The molecule has 2 unspecified atom stereocenters. The second kappa shape index (κ2) is 4.72. The average molecular weight is 329 g/mol. The van der Waals surface area contributed by atoms with Gasteiger partial charge in [0.1, 0.15) is 10.6 Å². The highest BCUT2D eigenvalue weighted by Crippen LogP contribution is 2.23. The summed E-state index contributed by atoms with van der Waals surface area (Å²) in [7, 11) is -7.20. The molecule has 1 aromatic heterocycles. The van der Waals surface area contributed by atoms with Gasteiger partial charge in [-0.2, -0.15) is 0 Å². The number of alkyl halides is 1. The number of aromatic nitrogens is 1. The summed E-state index contributed by atoms with van der Waals surface area (Å²) in [6.45, 7) is 2.97. The SMILES string of the molecule is Cc1noc(C)c1S(=O)(=O)NC1CS(=O)(=O)CC1Cl. The van der Waals surface area contributed by atoms with Crippen LogP contribution in [0, 0.1) is 13.8 Å². The topological polar surface area (TPSA) is 106 Å². The van der Waals surface area contributed by atoms with Crippen LogP contribution in [0.5, 0.6) is 0 Å². The molecule has 7 nitrogen and oxygen atoms in total. The maximum Gasteiger partial charge on any atom is 0.246 e. The smallest absolute Gasteiger partial charge is 0.246 e. The van der Waals surface area contributed by atoms with Crippen LogP contribution >= 0.6 is 11.6 Å². The van der Waals surface area contributed by atoms with Crippen LogP contribution in [0.1, 0.15) is 11.5 Å². The molecule has 19 heavy (non-hydrogen) atoms. The third-order valence-electron chi connectivity index (χ3n) is 2.83. The first-order chi connectivity index (χ1) is 8.62. The summed E-state index contributed by atoms with van der Waals surface area (Å²) in [5, 5.41) is 2.78. The molecule has 2 atom stereocenters. The van der Waals surface area contributed by atoms with Gasteiger partial charge in [0.05, 0.1) is 22.9 Å². The number of nitrogens with one attached hydrogen (secondary N) is 1. The quantitative estimate of drug-likeness (QED) is 0.781. The van der Waals surface area contributed by atoms with Crippen LogP contribution in [-0.4, -0.2) is 44.9 Å². The fourth-order valence-corrected chi connectivity index (χ4v) is 6.37. The minimum atomic E-state index is -3.90. The third kappa shape index (κ3) is 2.93. The van der Waals surface area contributed by atoms with Gasteiger partial charge < -0.3 is 4.52 Å². The van der Waals surface area contributed by atoms with Crippen LogP contribution in [0.15, 0.2) is 9.42 Å². The lowest BCUT2D eigenvalue weighted by Gasteiger charge is -2.14. The number of halogens is 1. The molecule has 10 heteroatoms. The van der Waals surface area contributed by atoms with Gasteiger partial charge in [0.25, 0.3) is 0 Å². The first kappa shape index (κ1) is 14.8. The molecule has 0 radical (unpaired) electrons. The summed E-state index contributed by atoms with van der Waals surface area (Å²) in [4.78, 5) is -0.0688. The van der Waals surface area contributed by atoms with Crippen molar-refractivity contribution in [1.29, 1.82) is 0 Å². The number of hydrogen-bond acceptors (Lipinski definition) is 6. The molecule has 1 N–H and O–H groups in total. The molecule has 1 aliphatic heterocycles. The van der Waals surface area contributed by atoms with Crippen LogP contribution in [0.4, 0.5) is 0 Å². The summed E-state index contributed by atoms with van der Waals surface area (Å²) < 4.78 is 54.3. The van der Waals surface area contributed by atoms with Crippen LogP contribution in [0.25, 0.3) is 0 Å². The lowest BCUT2D eigenvalue weighted by molar-refractivity contribution is 0.390. The van der Waals surface area contributed by atoms with Crippen molar-refractivity contribution in [2.75, 3.05) is 11.5 Å². The maximum atomic E-state index is 12.2. The molecule has 0 bridgehead atoms. The van der Waals surface area contributed by atoms with Crippen LogP contribution in [-0.2, 0) is 19.9 Å². The molecule has 0 amide bonds. The predicted molar refractivity (Wildman–Crippen MR) is 68.4 cm³/mol. The summed E-state index contributed by atoms with van der Waals surface area (Å²) >= 11 is 5.86. The first-order valence-electron chi connectivity index (χ1n) is 5.42. The second-order valence-corrected chi connectivity index (χ2v) is 8.84. The van der Waals surface area contributed by atoms with Crippen LogP contribution in [0.3, 0.4) is 0 Å². The Morgan fingerprint density at radius 1 is 1.37 bits per heavy atom. The van der Waals surface area contributed by atoms with Gasteiger partial charge in [0.2, 0.25) is 10.0 Å². The van der Waals surface area contributed by atoms with Crippen molar-refractivity contribution in [2.45, 2.75) is 30.2 Å². The Kier molecular flexibility index (Phi) is 3.67. The number of nitrogens with zero attached hydrogens (tertiary/aromatic N) is 1. The Morgan fingerprint density at radius 3 is 2.42 bits per heavy atom. The molecule has 108 valence electrons. The highest BCUT2D eigenvalue weighted by atomic mass is 35.5. The molecule has 0 aromatic carbocycles. The summed E-state index contributed by atoms with van der Waals surface area (Å²) in [6.07, 6.45) is 0. The van der Waals surface area contributed by atoms with Crippen molar-refractivity contribution < 1.29 is 21.4 Å². The molecule has 0 saturated carbocycles. The Morgan fingerprint density at radius 2 is 2.00 bits per heavy atom. The Labute approximate surface area is 116 Å². The van der Waals surface area contributed by atoms with E-state index in [-0.39, 0.29) is 27.9 Å². The number of aryl methyl sites for hydroxylation is 2.